The van der Waals surface area contributed by atoms with E-state index in [1.165, 1.54) is 5.56 Å². The molecule has 0 fully saturated rings. The highest BCUT2D eigenvalue weighted by atomic mass is 16.3. The molecule has 0 atom stereocenters. The van der Waals surface area contributed by atoms with Gasteiger partial charge in [0, 0.05) is 5.39 Å². The standard InChI is InChI=1S/C15H18O/c1-10-13(15(2,3)4)9-11-7-5-6-8-12(11)14(10)16/h5-9,16H,1-4H3. The van der Waals surface area contributed by atoms with Crippen molar-refractivity contribution in [1.29, 1.82) is 0 Å². The lowest BCUT2D eigenvalue weighted by Gasteiger charge is -2.23. The Morgan fingerprint density at radius 1 is 1.06 bits per heavy atom. The lowest BCUT2D eigenvalue weighted by Crippen LogP contribution is -2.13. The van der Waals surface area contributed by atoms with Crippen LogP contribution in [-0.2, 0) is 5.41 Å². The van der Waals surface area contributed by atoms with Crippen LogP contribution in [-0.4, -0.2) is 5.11 Å². The molecule has 0 bridgehead atoms. The van der Waals surface area contributed by atoms with Gasteiger partial charge in [0.1, 0.15) is 5.75 Å². The third-order valence-corrected chi connectivity index (χ3v) is 3.08. The predicted molar refractivity (Wildman–Crippen MR) is 69.0 cm³/mol. The lowest BCUT2D eigenvalue weighted by atomic mass is 9.82. The van der Waals surface area contributed by atoms with E-state index in [0.29, 0.717) is 5.75 Å². The maximum Gasteiger partial charge on any atom is 0.126 e. The number of fused-ring (bicyclic) bond motifs is 1. The summed E-state index contributed by atoms with van der Waals surface area (Å²) in [7, 11) is 0. The van der Waals surface area contributed by atoms with Crippen LogP contribution < -0.4 is 0 Å². The van der Waals surface area contributed by atoms with E-state index in [4.69, 9.17) is 0 Å². The first-order valence-corrected chi connectivity index (χ1v) is 5.63. The molecule has 0 unspecified atom stereocenters. The summed E-state index contributed by atoms with van der Waals surface area (Å²) in [5.74, 6) is 0.419. The summed E-state index contributed by atoms with van der Waals surface area (Å²) in [5, 5.41) is 12.2. The first-order valence-electron chi connectivity index (χ1n) is 5.63. The van der Waals surface area contributed by atoms with Crippen LogP contribution in [0.3, 0.4) is 0 Å². The van der Waals surface area contributed by atoms with Crippen LogP contribution in [0.4, 0.5) is 0 Å². The van der Waals surface area contributed by atoms with Crippen molar-refractivity contribution in [2.45, 2.75) is 33.1 Å². The quantitative estimate of drug-likeness (QED) is 0.698. The van der Waals surface area contributed by atoms with Gasteiger partial charge in [0.25, 0.3) is 0 Å². The summed E-state index contributed by atoms with van der Waals surface area (Å²) in [6.45, 7) is 8.50. The highest BCUT2D eigenvalue weighted by Gasteiger charge is 2.19. The number of benzene rings is 2. The first-order chi connectivity index (χ1) is 7.41. The second-order valence-electron chi connectivity index (χ2n) is 5.37. The van der Waals surface area contributed by atoms with Crippen LogP contribution in [0.5, 0.6) is 5.75 Å². The molecule has 84 valence electrons. The van der Waals surface area contributed by atoms with E-state index < -0.39 is 0 Å². The van der Waals surface area contributed by atoms with Crippen LogP contribution in [0.1, 0.15) is 31.9 Å². The maximum absolute atomic E-state index is 10.2. The number of phenols is 1. The van der Waals surface area contributed by atoms with Crippen LogP contribution >= 0.6 is 0 Å². The summed E-state index contributed by atoms with van der Waals surface area (Å²) >= 11 is 0. The second-order valence-corrected chi connectivity index (χ2v) is 5.37. The molecular weight excluding hydrogens is 196 g/mol. The Morgan fingerprint density at radius 2 is 1.69 bits per heavy atom. The van der Waals surface area contributed by atoms with Crippen molar-refractivity contribution in [2.75, 3.05) is 0 Å². The number of hydrogen-bond donors (Lipinski definition) is 1. The molecule has 0 aliphatic heterocycles. The van der Waals surface area contributed by atoms with E-state index in [0.717, 1.165) is 16.3 Å². The highest BCUT2D eigenvalue weighted by molar-refractivity contribution is 5.90. The van der Waals surface area contributed by atoms with Gasteiger partial charge < -0.3 is 5.11 Å². The van der Waals surface area contributed by atoms with Gasteiger partial charge in [-0.3, -0.25) is 0 Å². The Bertz CT molecular complexity index is 533. The minimum atomic E-state index is 0.0611. The molecule has 1 nitrogen and oxygen atoms in total. The molecule has 0 amide bonds. The van der Waals surface area contributed by atoms with Crippen molar-refractivity contribution in [1.82, 2.24) is 0 Å². The van der Waals surface area contributed by atoms with Gasteiger partial charge >= 0.3 is 0 Å². The van der Waals surface area contributed by atoms with E-state index in [1.54, 1.807) is 0 Å². The largest absolute Gasteiger partial charge is 0.507 e. The fourth-order valence-corrected chi connectivity index (χ4v) is 2.21. The van der Waals surface area contributed by atoms with Gasteiger partial charge in [-0.25, -0.2) is 0 Å². The van der Waals surface area contributed by atoms with E-state index in [2.05, 4.69) is 26.8 Å². The minimum Gasteiger partial charge on any atom is -0.507 e. The molecule has 0 aliphatic carbocycles. The minimum absolute atomic E-state index is 0.0611. The van der Waals surface area contributed by atoms with Crippen LogP contribution in [0.2, 0.25) is 0 Å². The molecule has 2 rings (SSSR count). The van der Waals surface area contributed by atoms with Crippen molar-refractivity contribution in [3.8, 4) is 5.75 Å². The molecule has 0 spiro atoms. The maximum atomic E-state index is 10.2. The van der Waals surface area contributed by atoms with Gasteiger partial charge in [0.05, 0.1) is 0 Å². The molecule has 2 aromatic rings. The van der Waals surface area contributed by atoms with E-state index in [1.807, 2.05) is 31.2 Å². The summed E-state index contributed by atoms with van der Waals surface area (Å²) in [4.78, 5) is 0. The highest BCUT2D eigenvalue weighted by Crippen LogP contribution is 2.36. The average Bonchev–Trinajstić information content (AvgIpc) is 2.22. The van der Waals surface area contributed by atoms with E-state index in [9.17, 15) is 5.11 Å². The van der Waals surface area contributed by atoms with Gasteiger partial charge in [0.15, 0.2) is 0 Å². The van der Waals surface area contributed by atoms with Gasteiger partial charge in [-0.2, -0.15) is 0 Å². The molecule has 0 heterocycles. The van der Waals surface area contributed by atoms with Gasteiger partial charge in [-0.05, 0) is 28.9 Å². The summed E-state index contributed by atoms with van der Waals surface area (Å²) < 4.78 is 0. The molecule has 16 heavy (non-hydrogen) atoms. The Kier molecular flexibility index (Phi) is 2.42. The Morgan fingerprint density at radius 3 is 2.31 bits per heavy atom. The third-order valence-electron chi connectivity index (χ3n) is 3.08. The molecule has 0 saturated heterocycles. The SMILES string of the molecule is Cc1c(C(C)(C)C)cc2ccccc2c1O. The van der Waals surface area contributed by atoms with Crippen molar-refractivity contribution in [3.63, 3.8) is 0 Å². The molecule has 1 N–H and O–H groups in total. The first kappa shape index (κ1) is 11.0. The fourth-order valence-electron chi connectivity index (χ4n) is 2.21. The van der Waals surface area contributed by atoms with Gasteiger partial charge in [0.2, 0.25) is 0 Å². The zero-order chi connectivity index (χ0) is 11.9. The Balaban J connectivity index is 2.84. The normalized spacial score (nSPS) is 12.0. The summed E-state index contributed by atoms with van der Waals surface area (Å²) in [6, 6.07) is 10.2. The van der Waals surface area contributed by atoms with Crippen LogP contribution in [0.25, 0.3) is 10.8 Å². The zero-order valence-electron chi connectivity index (χ0n) is 10.3. The Hall–Kier alpha value is -1.50. The van der Waals surface area contributed by atoms with Crippen molar-refractivity contribution < 1.29 is 5.11 Å². The molecule has 2 aromatic carbocycles. The molecule has 0 saturated carbocycles. The topological polar surface area (TPSA) is 20.2 Å². The van der Waals surface area contributed by atoms with Crippen molar-refractivity contribution in [2.24, 2.45) is 0 Å². The van der Waals surface area contributed by atoms with Crippen molar-refractivity contribution >= 4 is 10.8 Å². The molecular formula is C15H18O. The lowest BCUT2D eigenvalue weighted by molar-refractivity contribution is 0.472. The van der Waals surface area contributed by atoms with Crippen LogP contribution in [0.15, 0.2) is 30.3 Å². The van der Waals surface area contributed by atoms with E-state index >= 15 is 0 Å². The smallest absolute Gasteiger partial charge is 0.126 e. The zero-order valence-corrected chi connectivity index (χ0v) is 10.3. The number of aromatic hydroxyl groups is 1. The summed E-state index contributed by atoms with van der Waals surface area (Å²) in [6.07, 6.45) is 0. The second kappa shape index (κ2) is 3.51. The number of hydrogen-bond acceptors (Lipinski definition) is 1. The van der Waals surface area contributed by atoms with Gasteiger partial charge in [-0.1, -0.05) is 51.1 Å². The van der Waals surface area contributed by atoms with Crippen molar-refractivity contribution in [3.05, 3.63) is 41.5 Å². The molecule has 1 heteroatoms. The average molecular weight is 214 g/mol. The molecule has 0 aliphatic rings. The molecule has 0 radical (unpaired) electrons. The summed E-state index contributed by atoms with van der Waals surface area (Å²) in [5.41, 5.74) is 2.26. The monoisotopic (exact) mass is 214 g/mol. The fraction of sp³-hybridized carbons (Fsp3) is 0.333. The van der Waals surface area contributed by atoms with Crippen LogP contribution in [0, 0.1) is 6.92 Å². The number of phenolic OH excluding ortho intramolecular Hbond substituents is 1. The Labute approximate surface area is 96.7 Å². The van der Waals surface area contributed by atoms with E-state index in [-0.39, 0.29) is 5.41 Å². The third kappa shape index (κ3) is 1.67. The van der Waals surface area contributed by atoms with Gasteiger partial charge in [-0.15, -0.1) is 0 Å². The number of rotatable bonds is 0. The molecule has 0 aromatic heterocycles. The predicted octanol–water partition coefficient (Wildman–Crippen LogP) is 4.15.